The van der Waals surface area contributed by atoms with Gasteiger partial charge in [0.1, 0.15) is 30.2 Å². The van der Waals surface area contributed by atoms with Gasteiger partial charge in [-0.15, -0.1) is 0 Å². The topological polar surface area (TPSA) is 143 Å². The van der Waals surface area contributed by atoms with Gasteiger partial charge < -0.3 is 29.9 Å². The van der Waals surface area contributed by atoms with Gasteiger partial charge in [0.05, 0.1) is 11.5 Å². The maximum absolute atomic E-state index is 10.5. The van der Waals surface area contributed by atoms with Gasteiger partial charge in [-0.05, 0) is 12.1 Å². The third kappa shape index (κ3) is 3.28. The minimum Gasteiger partial charge on any atom is -0.462 e. The fraction of sp³-hybridized carbons (Fsp3) is 0.500. The molecule has 0 amide bonds. The zero-order chi connectivity index (χ0) is 15.6. The van der Waals surface area contributed by atoms with Gasteiger partial charge in [-0.2, -0.15) is 0 Å². The molecule has 1 saturated heterocycles. The summed E-state index contributed by atoms with van der Waals surface area (Å²) >= 11 is 0. The van der Waals surface area contributed by atoms with Crippen molar-refractivity contribution < 1.29 is 34.8 Å². The third-order valence-electron chi connectivity index (χ3n) is 3.15. The number of aliphatic hydroxyl groups excluding tert-OH is 4. The van der Waals surface area contributed by atoms with E-state index >= 15 is 0 Å². The van der Waals surface area contributed by atoms with E-state index in [1.54, 1.807) is 0 Å². The van der Waals surface area contributed by atoms with Crippen molar-refractivity contribution in [1.29, 1.82) is 0 Å². The Morgan fingerprint density at radius 1 is 1.14 bits per heavy atom. The van der Waals surface area contributed by atoms with E-state index in [-0.39, 0.29) is 11.4 Å². The number of nitro benzene ring substituents is 1. The van der Waals surface area contributed by atoms with Crippen LogP contribution in [0.15, 0.2) is 24.3 Å². The maximum atomic E-state index is 10.5. The fourth-order valence-electron chi connectivity index (χ4n) is 1.95. The monoisotopic (exact) mass is 301 g/mol. The Kier molecular flexibility index (Phi) is 4.70. The first-order chi connectivity index (χ1) is 9.93. The van der Waals surface area contributed by atoms with Crippen LogP contribution in [0.3, 0.4) is 0 Å². The molecule has 0 saturated carbocycles. The van der Waals surface area contributed by atoms with Gasteiger partial charge in [-0.1, -0.05) is 0 Å². The molecule has 0 radical (unpaired) electrons. The second-order valence-electron chi connectivity index (χ2n) is 4.57. The smallest absolute Gasteiger partial charge is 0.269 e. The summed E-state index contributed by atoms with van der Waals surface area (Å²) in [6, 6.07) is 5.03. The number of aliphatic hydroxyl groups is 4. The molecule has 1 heterocycles. The first-order valence-electron chi connectivity index (χ1n) is 6.15. The van der Waals surface area contributed by atoms with Crippen LogP contribution in [-0.4, -0.2) is 62.7 Å². The zero-order valence-corrected chi connectivity index (χ0v) is 10.8. The lowest BCUT2D eigenvalue weighted by molar-refractivity contribution is -0.384. The summed E-state index contributed by atoms with van der Waals surface area (Å²) in [5.41, 5.74) is -0.129. The van der Waals surface area contributed by atoms with E-state index < -0.39 is 42.2 Å². The lowest BCUT2D eigenvalue weighted by Gasteiger charge is -2.39. The highest BCUT2D eigenvalue weighted by Gasteiger charge is 2.44. The van der Waals surface area contributed by atoms with Gasteiger partial charge in [0, 0.05) is 12.1 Å². The average molecular weight is 301 g/mol. The predicted octanol–water partition coefficient (Wildman–Crippen LogP) is -1.23. The second kappa shape index (κ2) is 6.33. The van der Waals surface area contributed by atoms with Crippen LogP contribution in [0.5, 0.6) is 5.75 Å². The molecule has 5 atom stereocenters. The van der Waals surface area contributed by atoms with Crippen LogP contribution in [0, 0.1) is 10.1 Å². The molecule has 9 heteroatoms. The van der Waals surface area contributed by atoms with Crippen molar-refractivity contribution in [3.05, 3.63) is 34.4 Å². The molecule has 116 valence electrons. The predicted molar refractivity (Wildman–Crippen MR) is 67.5 cm³/mol. The van der Waals surface area contributed by atoms with Crippen molar-refractivity contribution in [3.8, 4) is 5.75 Å². The summed E-state index contributed by atoms with van der Waals surface area (Å²) in [7, 11) is 0. The summed E-state index contributed by atoms with van der Waals surface area (Å²) in [6.45, 7) is -0.564. The summed E-state index contributed by atoms with van der Waals surface area (Å²) in [4.78, 5) is 9.95. The third-order valence-corrected chi connectivity index (χ3v) is 3.15. The molecule has 1 fully saturated rings. The van der Waals surface area contributed by atoms with Crippen molar-refractivity contribution >= 4 is 5.69 Å². The second-order valence-corrected chi connectivity index (χ2v) is 4.57. The molecule has 1 aliphatic heterocycles. The van der Waals surface area contributed by atoms with Crippen LogP contribution in [0.25, 0.3) is 0 Å². The number of nitro groups is 1. The van der Waals surface area contributed by atoms with Gasteiger partial charge in [0.15, 0.2) is 0 Å². The van der Waals surface area contributed by atoms with Gasteiger partial charge >= 0.3 is 0 Å². The lowest BCUT2D eigenvalue weighted by Crippen LogP contribution is -2.60. The van der Waals surface area contributed by atoms with E-state index in [9.17, 15) is 25.4 Å². The van der Waals surface area contributed by atoms with Crippen molar-refractivity contribution in [1.82, 2.24) is 0 Å². The molecule has 21 heavy (non-hydrogen) atoms. The number of hydrogen-bond acceptors (Lipinski definition) is 8. The minimum atomic E-state index is -1.54. The maximum Gasteiger partial charge on any atom is 0.269 e. The van der Waals surface area contributed by atoms with Crippen molar-refractivity contribution in [2.75, 3.05) is 6.61 Å². The van der Waals surface area contributed by atoms with E-state index in [1.807, 2.05) is 0 Å². The summed E-state index contributed by atoms with van der Waals surface area (Å²) in [5, 5.41) is 48.6. The first-order valence-corrected chi connectivity index (χ1v) is 6.15. The molecule has 1 aromatic rings. The summed E-state index contributed by atoms with van der Waals surface area (Å²) < 4.78 is 10.4. The lowest BCUT2D eigenvalue weighted by atomic mass is 9.99. The molecule has 9 nitrogen and oxygen atoms in total. The number of nitrogens with zero attached hydrogens (tertiary/aromatic N) is 1. The molecule has 4 N–H and O–H groups in total. The highest BCUT2D eigenvalue weighted by atomic mass is 16.7. The summed E-state index contributed by atoms with van der Waals surface area (Å²) in [5.74, 6) is 0.171. The highest BCUT2D eigenvalue weighted by molar-refractivity contribution is 5.36. The van der Waals surface area contributed by atoms with Crippen molar-refractivity contribution in [3.63, 3.8) is 0 Å². The van der Waals surface area contributed by atoms with E-state index in [0.29, 0.717) is 0 Å². The Balaban J connectivity index is 2.08. The number of non-ortho nitro benzene ring substituents is 1. The molecular formula is C12H15NO8. The Morgan fingerprint density at radius 3 is 2.29 bits per heavy atom. The minimum absolute atomic E-state index is 0.129. The molecule has 0 aromatic heterocycles. The zero-order valence-electron chi connectivity index (χ0n) is 10.8. The van der Waals surface area contributed by atoms with Gasteiger partial charge in [0.25, 0.3) is 5.69 Å². The van der Waals surface area contributed by atoms with Crippen molar-refractivity contribution in [2.24, 2.45) is 0 Å². The molecule has 1 aliphatic rings. The molecule has 1 aromatic carbocycles. The van der Waals surface area contributed by atoms with Crippen LogP contribution >= 0.6 is 0 Å². The van der Waals surface area contributed by atoms with Crippen LogP contribution in [0.4, 0.5) is 5.69 Å². The van der Waals surface area contributed by atoms with Crippen LogP contribution in [0.1, 0.15) is 0 Å². The Labute approximate surface area is 119 Å². The average Bonchev–Trinajstić information content (AvgIpc) is 2.48. The molecular weight excluding hydrogens is 286 g/mol. The molecule has 0 aliphatic carbocycles. The Hall–Kier alpha value is -1.78. The SMILES string of the molecule is O=[N+]([O-])c1ccc(O[C@@H]2OC(CO)[C@@H](O)[C@H](O)C2O)cc1. The Morgan fingerprint density at radius 2 is 1.76 bits per heavy atom. The molecule has 2 unspecified atom stereocenters. The van der Waals surface area contributed by atoms with E-state index in [4.69, 9.17) is 14.6 Å². The van der Waals surface area contributed by atoms with Crippen molar-refractivity contribution in [2.45, 2.75) is 30.7 Å². The van der Waals surface area contributed by atoms with Crippen LogP contribution in [0.2, 0.25) is 0 Å². The van der Waals surface area contributed by atoms with E-state index in [2.05, 4.69) is 0 Å². The number of ether oxygens (including phenoxy) is 2. The number of rotatable bonds is 4. The summed E-state index contributed by atoms with van der Waals surface area (Å²) in [6.07, 6.45) is -6.94. The molecule has 2 rings (SSSR count). The van der Waals surface area contributed by atoms with Crippen LogP contribution < -0.4 is 4.74 Å². The van der Waals surface area contributed by atoms with Crippen LogP contribution in [-0.2, 0) is 4.74 Å². The number of hydrogen-bond donors (Lipinski definition) is 4. The van der Waals surface area contributed by atoms with Gasteiger partial charge in [0.2, 0.25) is 6.29 Å². The number of benzene rings is 1. The van der Waals surface area contributed by atoms with Gasteiger partial charge in [-0.25, -0.2) is 0 Å². The van der Waals surface area contributed by atoms with E-state index in [0.717, 1.165) is 0 Å². The molecule has 0 spiro atoms. The normalized spacial score (nSPS) is 32.7. The highest BCUT2D eigenvalue weighted by Crippen LogP contribution is 2.25. The first kappa shape index (κ1) is 15.6. The van der Waals surface area contributed by atoms with Gasteiger partial charge in [-0.3, -0.25) is 10.1 Å². The Bertz CT molecular complexity index is 491. The standard InChI is InChI=1S/C12H15NO8/c14-5-8-9(15)10(16)11(17)12(21-8)20-7-3-1-6(2-4-7)13(18)19/h1-4,8-12,14-17H,5H2/t8?,9-,10+,11?,12-/m1/s1. The fourth-order valence-corrected chi connectivity index (χ4v) is 1.95. The largest absolute Gasteiger partial charge is 0.462 e. The molecule has 0 bridgehead atoms. The van der Waals surface area contributed by atoms with E-state index in [1.165, 1.54) is 24.3 Å². The quantitative estimate of drug-likeness (QED) is 0.400.